The first-order valence-electron chi connectivity index (χ1n) is 7.35. The zero-order valence-electron chi connectivity index (χ0n) is 13.0. The van der Waals surface area contributed by atoms with E-state index in [1.165, 1.54) is 0 Å². The molecule has 1 aromatic rings. The van der Waals surface area contributed by atoms with Crippen LogP contribution in [-0.4, -0.2) is 55.0 Å². The molecule has 0 saturated carbocycles. The highest BCUT2D eigenvalue weighted by molar-refractivity contribution is 5.55. The first-order chi connectivity index (χ1) is 10.0. The fourth-order valence-corrected chi connectivity index (χ4v) is 2.90. The highest BCUT2D eigenvalue weighted by Crippen LogP contribution is 2.25. The van der Waals surface area contributed by atoms with E-state index in [1.807, 2.05) is 7.05 Å². The first kappa shape index (κ1) is 15.7. The molecule has 116 valence electrons. The predicted molar refractivity (Wildman–Crippen MR) is 84.6 cm³/mol. The van der Waals surface area contributed by atoms with Crippen LogP contribution in [0.1, 0.15) is 18.4 Å². The lowest BCUT2D eigenvalue weighted by Gasteiger charge is -2.35. The van der Waals surface area contributed by atoms with E-state index in [4.69, 9.17) is 0 Å². The molecule has 1 aliphatic rings. The molecule has 1 fully saturated rings. The SMILES string of the molecule is CNc1ccc([N+](=O)[O-])cc1CN(C)C1CCN(C)CC1. The number of nitro groups is 1. The van der Waals surface area contributed by atoms with Crippen molar-refractivity contribution in [1.29, 1.82) is 0 Å². The number of nitrogens with zero attached hydrogens (tertiary/aromatic N) is 3. The topological polar surface area (TPSA) is 61.7 Å². The minimum Gasteiger partial charge on any atom is -0.388 e. The molecule has 1 aliphatic heterocycles. The molecule has 0 radical (unpaired) electrons. The number of rotatable bonds is 5. The fourth-order valence-electron chi connectivity index (χ4n) is 2.90. The summed E-state index contributed by atoms with van der Waals surface area (Å²) in [5.41, 5.74) is 2.09. The van der Waals surface area contributed by atoms with E-state index in [0.29, 0.717) is 6.04 Å². The van der Waals surface area contributed by atoms with E-state index in [1.54, 1.807) is 18.2 Å². The predicted octanol–water partition coefficient (Wildman–Crippen LogP) is 2.16. The van der Waals surface area contributed by atoms with Crippen molar-refractivity contribution in [3.05, 3.63) is 33.9 Å². The van der Waals surface area contributed by atoms with Crippen molar-refractivity contribution >= 4 is 11.4 Å². The third-order valence-electron chi connectivity index (χ3n) is 4.30. The molecule has 0 amide bonds. The fraction of sp³-hybridized carbons (Fsp3) is 0.600. The lowest BCUT2D eigenvalue weighted by molar-refractivity contribution is -0.384. The molecule has 0 unspecified atom stereocenters. The third kappa shape index (κ3) is 3.92. The third-order valence-corrected chi connectivity index (χ3v) is 4.30. The van der Waals surface area contributed by atoms with Crippen LogP contribution in [0.4, 0.5) is 11.4 Å². The van der Waals surface area contributed by atoms with Gasteiger partial charge in [-0.05, 0) is 51.7 Å². The lowest BCUT2D eigenvalue weighted by Crippen LogP contribution is -2.41. The van der Waals surface area contributed by atoms with Gasteiger partial charge in [-0.15, -0.1) is 0 Å². The maximum Gasteiger partial charge on any atom is 0.269 e. The monoisotopic (exact) mass is 292 g/mol. The molecule has 21 heavy (non-hydrogen) atoms. The summed E-state index contributed by atoms with van der Waals surface area (Å²) in [6.07, 6.45) is 2.30. The number of benzene rings is 1. The Morgan fingerprint density at radius 1 is 1.43 bits per heavy atom. The summed E-state index contributed by atoms with van der Waals surface area (Å²) in [4.78, 5) is 15.3. The quantitative estimate of drug-likeness (QED) is 0.665. The Morgan fingerprint density at radius 2 is 2.10 bits per heavy atom. The lowest BCUT2D eigenvalue weighted by atomic mass is 10.0. The van der Waals surface area contributed by atoms with Gasteiger partial charge in [-0.25, -0.2) is 0 Å². The number of non-ortho nitro benzene ring substituents is 1. The maximum atomic E-state index is 10.9. The van der Waals surface area contributed by atoms with Crippen molar-refractivity contribution in [2.45, 2.75) is 25.4 Å². The van der Waals surface area contributed by atoms with Crippen LogP contribution in [0.5, 0.6) is 0 Å². The Balaban J connectivity index is 2.10. The van der Waals surface area contributed by atoms with Gasteiger partial charge < -0.3 is 10.2 Å². The van der Waals surface area contributed by atoms with Gasteiger partial charge in [0.05, 0.1) is 4.92 Å². The van der Waals surface area contributed by atoms with Crippen LogP contribution >= 0.6 is 0 Å². The molecular weight excluding hydrogens is 268 g/mol. The Kier molecular flexibility index (Phi) is 5.14. The molecular formula is C15H24N4O2. The molecule has 1 heterocycles. The molecule has 6 nitrogen and oxygen atoms in total. The Bertz CT molecular complexity index is 498. The molecule has 6 heteroatoms. The van der Waals surface area contributed by atoms with Gasteiger partial charge in [-0.2, -0.15) is 0 Å². The van der Waals surface area contributed by atoms with Gasteiger partial charge in [0, 0.05) is 37.5 Å². The molecule has 0 bridgehead atoms. The number of piperidine rings is 1. The highest BCUT2D eigenvalue weighted by atomic mass is 16.6. The van der Waals surface area contributed by atoms with Crippen molar-refractivity contribution < 1.29 is 4.92 Å². The number of anilines is 1. The first-order valence-corrected chi connectivity index (χ1v) is 7.35. The second-order valence-electron chi connectivity index (χ2n) is 5.80. The number of hydrogen-bond donors (Lipinski definition) is 1. The summed E-state index contributed by atoms with van der Waals surface area (Å²) in [6, 6.07) is 5.56. The van der Waals surface area contributed by atoms with Gasteiger partial charge in [0.15, 0.2) is 0 Å². The number of nitrogens with one attached hydrogen (secondary N) is 1. The number of nitro benzene ring substituents is 1. The van der Waals surface area contributed by atoms with Crippen molar-refractivity contribution in [1.82, 2.24) is 9.80 Å². The zero-order valence-corrected chi connectivity index (χ0v) is 13.0. The van der Waals surface area contributed by atoms with E-state index in [9.17, 15) is 10.1 Å². The number of likely N-dealkylation sites (tertiary alicyclic amines) is 1. The maximum absolute atomic E-state index is 10.9. The molecule has 0 spiro atoms. The standard InChI is InChI=1S/C15H24N4O2/c1-16-15-5-4-14(19(20)21)10-12(15)11-18(3)13-6-8-17(2)9-7-13/h4-5,10,13,16H,6-9,11H2,1-3H3. The summed E-state index contributed by atoms with van der Waals surface area (Å²) in [7, 11) is 6.10. The zero-order chi connectivity index (χ0) is 15.4. The largest absolute Gasteiger partial charge is 0.388 e. The van der Waals surface area contributed by atoms with E-state index in [-0.39, 0.29) is 10.6 Å². The molecule has 0 aromatic heterocycles. The Hall–Kier alpha value is -1.66. The van der Waals surface area contributed by atoms with Crippen LogP contribution in [0, 0.1) is 10.1 Å². The highest BCUT2D eigenvalue weighted by Gasteiger charge is 2.21. The Labute approximate surface area is 125 Å². The van der Waals surface area contributed by atoms with Crippen LogP contribution in [-0.2, 0) is 6.54 Å². The van der Waals surface area contributed by atoms with E-state index < -0.39 is 0 Å². The second kappa shape index (κ2) is 6.87. The summed E-state index contributed by atoms with van der Waals surface area (Å²) in [5.74, 6) is 0. The van der Waals surface area contributed by atoms with Gasteiger partial charge in [0.25, 0.3) is 5.69 Å². The average molecular weight is 292 g/mol. The smallest absolute Gasteiger partial charge is 0.269 e. The minimum absolute atomic E-state index is 0.153. The van der Waals surface area contributed by atoms with Crippen LogP contribution in [0.3, 0.4) is 0 Å². The van der Waals surface area contributed by atoms with Crippen molar-refractivity contribution in [2.24, 2.45) is 0 Å². The van der Waals surface area contributed by atoms with E-state index >= 15 is 0 Å². The van der Waals surface area contributed by atoms with Gasteiger partial charge >= 0.3 is 0 Å². The average Bonchev–Trinajstić information content (AvgIpc) is 2.47. The van der Waals surface area contributed by atoms with Crippen molar-refractivity contribution in [3.8, 4) is 0 Å². The summed E-state index contributed by atoms with van der Waals surface area (Å²) in [6.45, 7) is 2.96. The molecule has 1 aromatic carbocycles. The molecule has 1 saturated heterocycles. The van der Waals surface area contributed by atoms with Crippen LogP contribution < -0.4 is 5.32 Å². The van der Waals surface area contributed by atoms with E-state index in [2.05, 4.69) is 29.2 Å². The van der Waals surface area contributed by atoms with Crippen LogP contribution in [0.2, 0.25) is 0 Å². The summed E-state index contributed by atoms with van der Waals surface area (Å²) >= 11 is 0. The molecule has 1 N–H and O–H groups in total. The van der Waals surface area contributed by atoms with Gasteiger partial charge in [-0.3, -0.25) is 15.0 Å². The molecule has 2 rings (SSSR count). The van der Waals surface area contributed by atoms with Crippen LogP contribution in [0.25, 0.3) is 0 Å². The van der Waals surface area contributed by atoms with Crippen molar-refractivity contribution in [3.63, 3.8) is 0 Å². The summed E-state index contributed by atoms with van der Waals surface area (Å²) < 4.78 is 0. The minimum atomic E-state index is -0.335. The second-order valence-corrected chi connectivity index (χ2v) is 5.80. The molecule has 0 aliphatic carbocycles. The summed E-state index contributed by atoms with van der Waals surface area (Å²) in [5, 5.41) is 14.1. The van der Waals surface area contributed by atoms with Gasteiger partial charge in [0.2, 0.25) is 0 Å². The number of hydrogen-bond acceptors (Lipinski definition) is 5. The normalized spacial score (nSPS) is 17.1. The van der Waals surface area contributed by atoms with Gasteiger partial charge in [0.1, 0.15) is 0 Å². The van der Waals surface area contributed by atoms with E-state index in [0.717, 1.165) is 43.7 Å². The molecule has 0 atom stereocenters. The Morgan fingerprint density at radius 3 is 2.67 bits per heavy atom. The van der Waals surface area contributed by atoms with Gasteiger partial charge in [-0.1, -0.05) is 0 Å². The van der Waals surface area contributed by atoms with Crippen LogP contribution in [0.15, 0.2) is 18.2 Å². The van der Waals surface area contributed by atoms with Crippen molar-refractivity contribution in [2.75, 3.05) is 39.5 Å².